The van der Waals surface area contributed by atoms with Gasteiger partial charge < -0.3 is 4.90 Å². The summed E-state index contributed by atoms with van der Waals surface area (Å²) < 4.78 is 0. The van der Waals surface area contributed by atoms with Crippen molar-refractivity contribution in [2.45, 2.75) is 78.7 Å². The van der Waals surface area contributed by atoms with Gasteiger partial charge in [0.1, 0.15) is 0 Å². The molecule has 0 aromatic heterocycles. The molecule has 17 heavy (non-hydrogen) atoms. The van der Waals surface area contributed by atoms with Crippen LogP contribution >= 0.6 is 0 Å². The highest BCUT2D eigenvalue weighted by Gasteiger charge is 2.18. The lowest BCUT2D eigenvalue weighted by atomic mass is 9.95. The SMILES string of the molecule is CCCCC(CC)CC(=O)N(C)[C@@H](C)CCC. The molecule has 0 aromatic rings. The van der Waals surface area contributed by atoms with Gasteiger partial charge in [-0.05, 0) is 25.7 Å². The van der Waals surface area contributed by atoms with Crippen molar-refractivity contribution < 1.29 is 4.79 Å². The van der Waals surface area contributed by atoms with Crippen molar-refractivity contribution in [3.8, 4) is 0 Å². The average molecular weight is 241 g/mol. The number of nitrogens with zero attached hydrogens (tertiary/aromatic N) is 1. The van der Waals surface area contributed by atoms with E-state index < -0.39 is 0 Å². The highest BCUT2D eigenvalue weighted by atomic mass is 16.2. The maximum atomic E-state index is 12.1. The van der Waals surface area contributed by atoms with Gasteiger partial charge in [-0.15, -0.1) is 0 Å². The average Bonchev–Trinajstić information content (AvgIpc) is 2.33. The van der Waals surface area contributed by atoms with Crippen molar-refractivity contribution in [2.75, 3.05) is 7.05 Å². The zero-order valence-corrected chi connectivity index (χ0v) is 12.5. The second kappa shape index (κ2) is 9.49. The fourth-order valence-electron chi connectivity index (χ4n) is 2.19. The van der Waals surface area contributed by atoms with Crippen molar-refractivity contribution in [3.05, 3.63) is 0 Å². The Balaban J connectivity index is 4.11. The Bertz CT molecular complexity index is 203. The Kier molecular flexibility index (Phi) is 9.20. The van der Waals surface area contributed by atoms with Crippen LogP contribution in [-0.4, -0.2) is 23.9 Å². The molecule has 2 heteroatoms. The van der Waals surface area contributed by atoms with E-state index in [4.69, 9.17) is 0 Å². The van der Waals surface area contributed by atoms with Crippen LogP contribution in [0, 0.1) is 5.92 Å². The van der Waals surface area contributed by atoms with E-state index in [0.717, 1.165) is 25.7 Å². The van der Waals surface area contributed by atoms with E-state index in [1.165, 1.54) is 19.3 Å². The molecule has 1 unspecified atom stereocenters. The molecule has 0 bridgehead atoms. The molecule has 0 aromatic carbocycles. The number of carbonyl (C=O) groups excluding carboxylic acids is 1. The van der Waals surface area contributed by atoms with Crippen molar-refractivity contribution in [3.63, 3.8) is 0 Å². The quantitative estimate of drug-likeness (QED) is 0.591. The minimum atomic E-state index is 0.328. The van der Waals surface area contributed by atoms with Crippen LogP contribution in [0.15, 0.2) is 0 Å². The minimum Gasteiger partial charge on any atom is -0.343 e. The molecule has 1 amide bonds. The molecule has 0 aliphatic heterocycles. The van der Waals surface area contributed by atoms with Crippen molar-refractivity contribution in [1.29, 1.82) is 0 Å². The summed E-state index contributed by atoms with van der Waals surface area (Å²) in [4.78, 5) is 14.1. The van der Waals surface area contributed by atoms with E-state index in [-0.39, 0.29) is 0 Å². The van der Waals surface area contributed by atoms with E-state index in [0.29, 0.717) is 17.9 Å². The first-order chi connectivity index (χ1) is 8.06. The second-order valence-corrected chi connectivity index (χ2v) is 5.26. The van der Waals surface area contributed by atoms with Crippen LogP contribution in [0.4, 0.5) is 0 Å². The van der Waals surface area contributed by atoms with Crippen LogP contribution < -0.4 is 0 Å². The van der Waals surface area contributed by atoms with Gasteiger partial charge in [0.05, 0.1) is 0 Å². The molecule has 0 aliphatic rings. The molecule has 0 radical (unpaired) electrons. The lowest BCUT2D eigenvalue weighted by Crippen LogP contribution is -2.35. The molecular formula is C15H31NO. The van der Waals surface area contributed by atoms with Gasteiger partial charge >= 0.3 is 0 Å². The van der Waals surface area contributed by atoms with Crippen molar-refractivity contribution in [2.24, 2.45) is 5.92 Å². The van der Waals surface area contributed by atoms with Gasteiger partial charge in [0.15, 0.2) is 0 Å². The maximum absolute atomic E-state index is 12.1. The molecule has 0 N–H and O–H groups in total. The Morgan fingerprint density at radius 2 is 1.76 bits per heavy atom. The number of rotatable bonds is 9. The summed E-state index contributed by atoms with van der Waals surface area (Å²) in [5, 5.41) is 0. The molecule has 102 valence electrons. The van der Waals surface area contributed by atoms with Crippen molar-refractivity contribution >= 4 is 5.91 Å². The van der Waals surface area contributed by atoms with Gasteiger partial charge in [0, 0.05) is 19.5 Å². The topological polar surface area (TPSA) is 20.3 Å². The smallest absolute Gasteiger partial charge is 0.222 e. The molecule has 0 spiro atoms. The number of hydrogen-bond acceptors (Lipinski definition) is 1. The summed E-state index contributed by atoms with van der Waals surface area (Å²) >= 11 is 0. The fraction of sp³-hybridized carbons (Fsp3) is 0.933. The second-order valence-electron chi connectivity index (χ2n) is 5.26. The summed E-state index contributed by atoms with van der Waals surface area (Å²) in [6, 6.07) is 0.385. The number of carbonyl (C=O) groups is 1. The zero-order valence-electron chi connectivity index (χ0n) is 12.5. The van der Waals surface area contributed by atoms with Crippen LogP contribution in [0.1, 0.15) is 72.6 Å². The summed E-state index contributed by atoms with van der Waals surface area (Å²) in [7, 11) is 1.95. The van der Waals surface area contributed by atoms with Gasteiger partial charge in [-0.25, -0.2) is 0 Å². The first-order valence-electron chi connectivity index (χ1n) is 7.32. The van der Waals surface area contributed by atoms with Gasteiger partial charge in [-0.3, -0.25) is 4.79 Å². The molecule has 0 saturated heterocycles. The monoisotopic (exact) mass is 241 g/mol. The molecular weight excluding hydrogens is 210 g/mol. The van der Waals surface area contributed by atoms with Crippen LogP contribution in [0.3, 0.4) is 0 Å². The molecule has 0 fully saturated rings. The molecule has 2 atom stereocenters. The number of hydrogen-bond donors (Lipinski definition) is 0. The van der Waals surface area contributed by atoms with Crippen LogP contribution in [0.25, 0.3) is 0 Å². The van der Waals surface area contributed by atoms with Crippen LogP contribution in [0.5, 0.6) is 0 Å². The molecule has 0 rings (SSSR count). The molecule has 0 saturated carbocycles. The van der Waals surface area contributed by atoms with Gasteiger partial charge in [-0.1, -0.05) is 46.5 Å². The number of unbranched alkanes of at least 4 members (excludes halogenated alkanes) is 1. The molecule has 2 nitrogen and oxygen atoms in total. The van der Waals surface area contributed by atoms with Gasteiger partial charge in [0.2, 0.25) is 5.91 Å². The lowest BCUT2D eigenvalue weighted by Gasteiger charge is -2.26. The normalized spacial score (nSPS) is 14.4. The Hall–Kier alpha value is -0.530. The third kappa shape index (κ3) is 6.70. The van der Waals surface area contributed by atoms with Gasteiger partial charge in [-0.2, -0.15) is 0 Å². The first kappa shape index (κ1) is 16.5. The Morgan fingerprint density at radius 3 is 2.24 bits per heavy atom. The predicted molar refractivity (Wildman–Crippen MR) is 75.1 cm³/mol. The highest BCUT2D eigenvalue weighted by Crippen LogP contribution is 2.18. The third-order valence-electron chi connectivity index (χ3n) is 3.77. The highest BCUT2D eigenvalue weighted by molar-refractivity contribution is 5.76. The standard InChI is InChI=1S/C15H31NO/c1-6-9-11-14(8-3)12-15(17)16(5)13(4)10-7-2/h13-14H,6-12H2,1-5H3/t13-,14?/m0/s1. The van der Waals surface area contributed by atoms with E-state index in [9.17, 15) is 4.79 Å². The molecule has 0 aliphatic carbocycles. The largest absolute Gasteiger partial charge is 0.343 e. The van der Waals surface area contributed by atoms with E-state index >= 15 is 0 Å². The molecule has 0 heterocycles. The first-order valence-corrected chi connectivity index (χ1v) is 7.32. The van der Waals surface area contributed by atoms with Crippen LogP contribution in [-0.2, 0) is 4.79 Å². The minimum absolute atomic E-state index is 0.328. The Labute approximate surface area is 108 Å². The fourth-order valence-corrected chi connectivity index (χ4v) is 2.19. The van der Waals surface area contributed by atoms with Crippen LogP contribution in [0.2, 0.25) is 0 Å². The summed E-state index contributed by atoms with van der Waals surface area (Å²) in [6.07, 6.45) is 7.80. The maximum Gasteiger partial charge on any atom is 0.222 e. The third-order valence-corrected chi connectivity index (χ3v) is 3.77. The zero-order chi connectivity index (χ0) is 13.3. The van der Waals surface area contributed by atoms with Crippen molar-refractivity contribution in [1.82, 2.24) is 4.90 Å². The number of amides is 1. The van der Waals surface area contributed by atoms with E-state index in [2.05, 4.69) is 27.7 Å². The Morgan fingerprint density at radius 1 is 1.12 bits per heavy atom. The lowest BCUT2D eigenvalue weighted by molar-refractivity contribution is -0.132. The summed E-state index contributed by atoms with van der Waals surface area (Å²) in [6.45, 7) is 8.73. The summed E-state index contributed by atoms with van der Waals surface area (Å²) in [5.41, 5.74) is 0. The predicted octanol–water partition coefficient (Wildman–Crippen LogP) is 4.24. The van der Waals surface area contributed by atoms with E-state index in [1.807, 2.05) is 11.9 Å². The van der Waals surface area contributed by atoms with Gasteiger partial charge in [0.25, 0.3) is 0 Å². The van der Waals surface area contributed by atoms with E-state index in [1.54, 1.807) is 0 Å². The summed E-state index contributed by atoms with van der Waals surface area (Å²) in [5.74, 6) is 0.910.